The number of rotatable bonds is 4. The van der Waals surface area contributed by atoms with Crippen LogP contribution in [-0.4, -0.2) is 55.8 Å². The normalized spacial score (nSPS) is 22.3. The number of carbonyl (C=O) groups excluding carboxylic acids is 1. The van der Waals surface area contributed by atoms with Gasteiger partial charge in [-0.05, 0) is 61.2 Å². The smallest absolute Gasteiger partial charge is 0.417 e. The van der Waals surface area contributed by atoms with Gasteiger partial charge in [-0.15, -0.1) is 0 Å². The van der Waals surface area contributed by atoms with Crippen LogP contribution in [0.5, 0.6) is 5.75 Å². The van der Waals surface area contributed by atoms with Gasteiger partial charge in [0, 0.05) is 42.8 Å². The first kappa shape index (κ1) is 23.9. The van der Waals surface area contributed by atoms with Crippen LogP contribution in [0.25, 0.3) is 0 Å². The molecule has 2 heterocycles. The Morgan fingerprint density at radius 3 is 2.65 bits per heavy atom. The Morgan fingerprint density at radius 2 is 2.03 bits per heavy atom. The molecule has 0 aromatic heterocycles. The number of anilines is 1. The van der Waals surface area contributed by atoms with Crippen LogP contribution in [0, 0.1) is 29.6 Å². The highest BCUT2D eigenvalue weighted by Crippen LogP contribution is 2.44. The Bertz CT molecular complexity index is 1140. The molecule has 9 heteroatoms. The Labute approximate surface area is 196 Å². The number of methoxy groups -OCH3 is 1. The number of hydrogen-bond donors (Lipinski definition) is 1. The van der Waals surface area contributed by atoms with Crippen LogP contribution < -0.4 is 9.64 Å². The van der Waals surface area contributed by atoms with E-state index in [1.807, 2.05) is 11.8 Å². The van der Waals surface area contributed by atoms with Gasteiger partial charge in [-0.2, -0.15) is 18.4 Å². The zero-order valence-corrected chi connectivity index (χ0v) is 19.0. The fourth-order valence-corrected chi connectivity index (χ4v) is 5.22. The number of aryl methyl sites for hydroxylation is 1. The van der Waals surface area contributed by atoms with Crippen molar-refractivity contribution in [2.24, 2.45) is 11.3 Å². The highest BCUT2D eigenvalue weighted by Gasteiger charge is 2.51. The molecule has 4 rings (SSSR count). The average molecular weight is 473 g/mol. The topological polar surface area (TPSA) is 76.8 Å². The van der Waals surface area contributed by atoms with E-state index in [0.717, 1.165) is 11.6 Å². The number of benzene rings is 2. The van der Waals surface area contributed by atoms with Gasteiger partial charge in [-0.1, -0.05) is 0 Å². The zero-order valence-electron chi connectivity index (χ0n) is 19.0. The Morgan fingerprint density at radius 1 is 1.26 bits per heavy atom. The maximum atomic E-state index is 13.5. The predicted molar refractivity (Wildman–Crippen MR) is 120 cm³/mol. The van der Waals surface area contributed by atoms with Crippen LogP contribution in [0.15, 0.2) is 36.4 Å². The number of halogens is 3. The summed E-state index contributed by atoms with van der Waals surface area (Å²) in [5.41, 5.74) is -0.321. The van der Waals surface area contributed by atoms with Gasteiger partial charge in [0.2, 0.25) is 0 Å². The van der Waals surface area contributed by atoms with E-state index in [4.69, 9.17) is 10.00 Å². The van der Waals surface area contributed by atoms with E-state index in [-0.39, 0.29) is 18.4 Å². The minimum Gasteiger partial charge on any atom is -0.497 e. The summed E-state index contributed by atoms with van der Waals surface area (Å²) in [6.07, 6.45) is -4.01. The number of aliphatic hydroxyl groups excluding tert-OH is 1. The lowest BCUT2D eigenvalue weighted by molar-refractivity contribution is -0.137. The van der Waals surface area contributed by atoms with E-state index < -0.39 is 22.7 Å². The molecule has 2 saturated heterocycles. The monoisotopic (exact) mass is 473 g/mol. The molecule has 2 aromatic carbocycles. The lowest BCUT2D eigenvalue weighted by Crippen LogP contribution is -2.51. The van der Waals surface area contributed by atoms with Crippen molar-refractivity contribution in [1.29, 1.82) is 5.26 Å². The zero-order chi connectivity index (χ0) is 24.7. The molecular formula is C25H26F3N3O3. The number of aliphatic hydroxyl groups is 1. The van der Waals surface area contributed by atoms with Crippen LogP contribution in [0.3, 0.4) is 0 Å². The third-order valence-electron chi connectivity index (χ3n) is 7.13. The predicted octanol–water partition coefficient (Wildman–Crippen LogP) is 3.86. The largest absolute Gasteiger partial charge is 0.497 e. The number of fused-ring (bicyclic) bond motifs is 1. The fourth-order valence-electron chi connectivity index (χ4n) is 5.22. The molecule has 2 atom stereocenters. The number of alkyl halides is 3. The highest BCUT2D eigenvalue weighted by molar-refractivity contribution is 5.96. The number of likely N-dealkylation sites (tertiary alicyclic amines) is 1. The van der Waals surface area contributed by atoms with Gasteiger partial charge in [-0.3, -0.25) is 4.79 Å². The quantitative estimate of drug-likeness (QED) is 0.730. The van der Waals surface area contributed by atoms with Gasteiger partial charge in [0.15, 0.2) is 0 Å². The average Bonchev–Trinajstić information content (AvgIpc) is 3.22. The van der Waals surface area contributed by atoms with Crippen LogP contribution in [0.4, 0.5) is 18.9 Å². The molecule has 2 aromatic rings. The summed E-state index contributed by atoms with van der Waals surface area (Å²) in [4.78, 5) is 16.8. The number of hydrogen-bond acceptors (Lipinski definition) is 5. The Hall–Kier alpha value is -3.25. The van der Waals surface area contributed by atoms with Crippen molar-refractivity contribution >= 4 is 11.6 Å². The van der Waals surface area contributed by atoms with Crippen molar-refractivity contribution in [2.75, 3.05) is 44.8 Å². The maximum absolute atomic E-state index is 13.5. The first-order valence-corrected chi connectivity index (χ1v) is 11.0. The third kappa shape index (κ3) is 4.18. The lowest BCUT2D eigenvalue weighted by atomic mass is 9.74. The van der Waals surface area contributed by atoms with E-state index in [2.05, 4.69) is 0 Å². The molecule has 0 radical (unpaired) electrons. The molecule has 0 spiro atoms. The third-order valence-corrected chi connectivity index (χ3v) is 7.13. The lowest BCUT2D eigenvalue weighted by Gasteiger charge is -2.44. The standard InChI is InChI=1S/C25H26F3N3O3/c1-16-9-20(34-2)5-6-21(16)23(33)31-12-18-7-8-30(13-24(18,14-31)15-32)19-4-3-17(11-29)22(10-19)25(26,27)28/h3-6,9-10,18,32H,7-8,12-15H2,1-2H3/t18-,24+/m1/s1. The summed E-state index contributed by atoms with van der Waals surface area (Å²) in [5, 5.41) is 19.4. The van der Waals surface area contributed by atoms with Crippen molar-refractivity contribution in [2.45, 2.75) is 19.5 Å². The summed E-state index contributed by atoms with van der Waals surface area (Å²) in [7, 11) is 1.56. The maximum Gasteiger partial charge on any atom is 0.417 e. The number of ether oxygens (including phenoxy) is 1. The van der Waals surface area contributed by atoms with E-state index in [9.17, 15) is 23.1 Å². The summed E-state index contributed by atoms with van der Waals surface area (Å²) in [5.74, 6) is 0.565. The molecule has 0 saturated carbocycles. The summed E-state index contributed by atoms with van der Waals surface area (Å²) in [6, 6.07) is 10.6. The Balaban J connectivity index is 1.58. The second-order valence-corrected chi connectivity index (χ2v) is 9.13. The van der Waals surface area contributed by atoms with Gasteiger partial charge < -0.3 is 19.6 Å². The summed E-state index contributed by atoms with van der Waals surface area (Å²) < 4.78 is 45.6. The van der Waals surface area contributed by atoms with Gasteiger partial charge >= 0.3 is 6.18 Å². The minimum absolute atomic E-state index is 0.0386. The van der Waals surface area contributed by atoms with Crippen LogP contribution in [-0.2, 0) is 6.18 Å². The van der Waals surface area contributed by atoms with Gasteiger partial charge in [-0.25, -0.2) is 0 Å². The number of piperidine rings is 1. The number of carbonyl (C=O) groups is 1. The van der Waals surface area contributed by atoms with E-state index in [0.29, 0.717) is 49.6 Å². The van der Waals surface area contributed by atoms with E-state index >= 15 is 0 Å². The van der Waals surface area contributed by atoms with Crippen LogP contribution in [0.2, 0.25) is 0 Å². The van der Waals surface area contributed by atoms with Crippen molar-refractivity contribution in [3.8, 4) is 11.8 Å². The molecule has 180 valence electrons. The molecule has 2 aliphatic heterocycles. The molecule has 0 bridgehead atoms. The molecule has 1 N–H and O–H groups in total. The van der Waals surface area contributed by atoms with E-state index in [1.54, 1.807) is 36.3 Å². The molecule has 2 aliphatic rings. The number of amides is 1. The summed E-state index contributed by atoms with van der Waals surface area (Å²) in [6.45, 7) is 3.28. The Kier molecular flexibility index (Phi) is 6.21. The van der Waals surface area contributed by atoms with Crippen molar-refractivity contribution < 1.29 is 27.8 Å². The molecule has 0 aliphatic carbocycles. The van der Waals surface area contributed by atoms with Crippen molar-refractivity contribution in [3.05, 3.63) is 58.7 Å². The molecule has 1 amide bonds. The van der Waals surface area contributed by atoms with Crippen LogP contribution >= 0.6 is 0 Å². The van der Waals surface area contributed by atoms with Gasteiger partial charge in [0.1, 0.15) is 5.75 Å². The SMILES string of the molecule is COc1ccc(C(=O)N2C[C@H]3CCN(c4ccc(C#N)c(C(F)(F)F)c4)C[C@@]3(CO)C2)c(C)c1. The second-order valence-electron chi connectivity index (χ2n) is 9.13. The van der Waals surface area contributed by atoms with Crippen molar-refractivity contribution in [3.63, 3.8) is 0 Å². The second kappa shape index (κ2) is 8.84. The molecule has 0 unspecified atom stereocenters. The van der Waals surface area contributed by atoms with Crippen molar-refractivity contribution in [1.82, 2.24) is 4.90 Å². The molecule has 2 fully saturated rings. The van der Waals surface area contributed by atoms with Crippen LogP contribution in [0.1, 0.15) is 33.5 Å². The van der Waals surface area contributed by atoms with Gasteiger partial charge in [0.05, 0.1) is 30.9 Å². The first-order chi connectivity index (χ1) is 16.1. The van der Waals surface area contributed by atoms with Gasteiger partial charge in [0.25, 0.3) is 5.91 Å². The molecule has 34 heavy (non-hydrogen) atoms. The van der Waals surface area contributed by atoms with E-state index in [1.165, 1.54) is 12.1 Å². The minimum atomic E-state index is -4.64. The fraction of sp³-hybridized carbons (Fsp3) is 0.440. The molecule has 6 nitrogen and oxygen atoms in total. The highest BCUT2D eigenvalue weighted by atomic mass is 19.4. The number of nitriles is 1. The number of nitrogens with zero attached hydrogens (tertiary/aromatic N) is 3. The summed E-state index contributed by atoms with van der Waals surface area (Å²) >= 11 is 0. The molecular weight excluding hydrogens is 447 g/mol. The first-order valence-electron chi connectivity index (χ1n) is 11.0.